The summed E-state index contributed by atoms with van der Waals surface area (Å²) in [6.45, 7) is 1.59. The summed E-state index contributed by atoms with van der Waals surface area (Å²) >= 11 is 3.38. The second-order valence-electron chi connectivity index (χ2n) is 5.01. The molecule has 98 valence electrons. The van der Waals surface area contributed by atoms with E-state index in [2.05, 4.69) is 26.2 Å². The molecular weight excluding hydrogens is 307 g/mol. The van der Waals surface area contributed by atoms with Crippen LogP contribution in [-0.2, 0) is 11.8 Å². The van der Waals surface area contributed by atoms with Crippen LogP contribution in [0.3, 0.4) is 0 Å². The molecule has 0 saturated carbocycles. The highest BCUT2D eigenvalue weighted by atomic mass is 79.9. The van der Waals surface area contributed by atoms with Gasteiger partial charge in [0.2, 0.25) is 0 Å². The zero-order valence-corrected chi connectivity index (χ0v) is 12.0. The lowest BCUT2D eigenvalue weighted by Crippen LogP contribution is -2.58. The number of hydrogen-bond acceptors (Lipinski definition) is 2. The zero-order chi connectivity index (χ0) is 13.3. The molecule has 0 aliphatic carbocycles. The first-order valence-corrected chi connectivity index (χ1v) is 7.05. The maximum atomic E-state index is 14.0. The number of benzene rings is 1. The average Bonchev–Trinajstić information content (AvgIpc) is 2.37. The van der Waals surface area contributed by atoms with Gasteiger partial charge in [0.25, 0.3) is 0 Å². The standard InChI is InChI=1S/C15H14BrFN2/c16-11-5-6-12(19-8-11)7-15(9-18-10-15)13-3-1-2-4-14(13)17/h1-6,8,18H,7,9-10H2. The minimum Gasteiger partial charge on any atom is -0.315 e. The van der Waals surface area contributed by atoms with Crippen molar-refractivity contribution in [2.45, 2.75) is 11.8 Å². The highest BCUT2D eigenvalue weighted by Crippen LogP contribution is 2.33. The summed E-state index contributed by atoms with van der Waals surface area (Å²) in [6.07, 6.45) is 2.55. The van der Waals surface area contributed by atoms with E-state index in [9.17, 15) is 4.39 Å². The summed E-state index contributed by atoms with van der Waals surface area (Å²) < 4.78 is 15.0. The summed E-state index contributed by atoms with van der Waals surface area (Å²) in [5.74, 6) is -0.124. The molecule has 19 heavy (non-hydrogen) atoms. The summed E-state index contributed by atoms with van der Waals surface area (Å²) in [6, 6.07) is 11.0. The van der Waals surface area contributed by atoms with Crippen LogP contribution in [0.15, 0.2) is 47.1 Å². The van der Waals surface area contributed by atoms with Crippen LogP contribution in [0.2, 0.25) is 0 Å². The molecule has 0 unspecified atom stereocenters. The molecule has 0 spiro atoms. The first-order chi connectivity index (χ1) is 9.20. The van der Waals surface area contributed by atoms with Gasteiger partial charge in [0.05, 0.1) is 0 Å². The Balaban J connectivity index is 1.92. The molecule has 0 radical (unpaired) electrons. The van der Waals surface area contributed by atoms with E-state index in [1.165, 1.54) is 6.07 Å². The Morgan fingerprint density at radius 3 is 2.58 bits per heavy atom. The van der Waals surface area contributed by atoms with Gasteiger partial charge in [-0.05, 0) is 39.7 Å². The van der Waals surface area contributed by atoms with Crippen molar-refractivity contribution in [3.05, 3.63) is 64.1 Å². The molecule has 0 atom stereocenters. The summed E-state index contributed by atoms with van der Waals surface area (Å²) in [5.41, 5.74) is 1.62. The van der Waals surface area contributed by atoms with Crippen molar-refractivity contribution < 1.29 is 4.39 Å². The SMILES string of the molecule is Fc1ccccc1C1(Cc2ccc(Br)cn2)CNC1. The Labute approximate surface area is 120 Å². The maximum absolute atomic E-state index is 14.0. The smallest absolute Gasteiger partial charge is 0.127 e. The van der Waals surface area contributed by atoms with E-state index >= 15 is 0 Å². The number of nitrogens with zero attached hydrogens (tertiary/aromatic N) is 1. The second-order valence-corrected chi connectivity index (χ2v) is 5.92. The van der Waals surface area contributed by atoms with Crippen LogP contribution in [0.5, 0.6) is 0 Å². The predicted molar refractivity (Wildman–Crippen MR) is 76.6 cm³/mol. The first kappa shape index (κ1) is 12.8. The van der Waals surface area contributed by atoms with Crippen LogP contribution < -0.4 is 5.32 Å². The summed E-state index contributed by atoms with van der Waals surface area (Å²) in [5, 5.41) is 3.26. The molecule has 2 aromatic rings. The number of pyridine rings is 1. The highest BCUT2D eigenvalue weighted by Gasteiger charge is 2.40. The lowest BCUT2D eigenvalue weighted by atomic mass is 9.71. The van der Waals surface area contributed by atoms with Crippen molar-refractivity contribution in [2.75, 3.05) is 13.1 Å². The molecule has 0 amide bonds. The number of aromatic nitrogens is 1. The topological polar surface area (TPSA) is 24.9 Å². The second kappa shape index (κ2) is 5.02. The Bertz CT molecular complexity index is 579. The number of hydrogen-bond donors (Lipinski definition) is 1. The summed E-state index contributed by atoms with van der Waals surface area (Å²) in [4.78, 5) is 4.40. The van der Waals surface area contributed by atoms with Gasteiger partial charge in [-0.25, -0.2) is 4.39 Å². The molecular formula is C15H14BrFN2. The Hall–Kier alpha value is -1.26. The molecule has 2 nitrogen and oxygen atoms in total. The minimum absolute atomic E-state index is 0.124. The van der Waals surface area contributed by atoms with Crippen molar-refractivity contribution in [2.24, 2.45) is 0 Å². The van der Waals surface area contributed by atoms with E-state index in [1.54, 1.807) is 12.3 Å². The highest BCUT2D eigenvalue weighted by molar-refractivity contribution is 9.10. The Kier molecular flexibility index (Phi) is 3.37. The number of nitrogens with one attached hydrogen (secondary N) is 1. The summed E-state index contributed by atoms with van der Waals surface area (Å²) in [7, 11) is 0. The Morgan fingerprint density at radius 1 is 1.21 bits per heavy atom. The van der Waals surface area contributed by atoms with Gasteiger partial charge in [0, 0.05) is 41.3 Å². The predicted octanol–water partition coefficient (Wildman–Crippen LogP) is 3.07. The molecule has 1 aliphatic heterocycles. The van der Waals surface area contributed by atoms with Gasteiger partial charge in [0.15, 0.2) is 0 Å². The molecule has 1 fully saturated rings. The van der Waals surface area contributed by atoms with Crippen LogP contribution in [0.4, 0.5) is 4.39 Å². The molecule has 1 aromatic carbocycles. The van der Waals surface area contributed by atoms with Crippen LogP contribution in [0.25, 0.3) is 0 Å². The molecule has 4 heteroatoms. The average molecular weight is 321 g/mol. The van der Waals surface area contributed by atoms with Crippen molar-refractivity contribution in [3.8, 4) is 0 Å². The minimum atomic E-state index is -0.161. The molecule has 2 heterocycles. The van der Waals surface area contributed by atoms with Gasteiger partial charge < -0.3 is 5.32 Å². The van der Waals surface area contributed by atoms with E-state index in [1.807, 2.05) is 24.3 Å². The fraction of sp³-hybridized carbons (Fsp3) is 0.267. The van der Waals surface area contributed by atoms with Crippen molar-refractivity contribution in [1.29, 1.82) is 0 Å². The molecule has 1 N–H and O–H groups in total. The van der Waals surface area contributed by atoms with Crippen molar-refractivity contribution >= 4 is 15.9 Å². The first-order valence-electron chi connectivity index (χ1n) is 6.26. The molecule has 3 rings (SSSR count). The monoisotopic (exact) mass is 320 g/mol. The third-order valence-electron chi connectivity index (χ3n) is 3.68. The van der Waals surface area contributed by atoms with Crippen molar-refractivity contribution in [3.63, 3.8) is 0 Å². The molecule has 1 aromatic heterocycles. The molecule has 0 bridgehead atoms. The fourth-order valence-corrected chi connectivity index (χ4v) is 2.82. The quantitative estimate of drug-likeness (QED) is 0.940. The van der Waals surface area contributed by atoms with Crippen LogP contribution in [0, 0.1) is 5.82 Å². The van der Waals surface area contributed by atoms with Crippen LogP contribution in [-0.4, -0.2) is 18.1 Å². The van der Waals surface area contributed by atoms with Gasteiger partial charge in [0.1, 0.15) is 5.82 Å². The van der Waals surface area contributed by atoms with E-state index in [-0.39, 0.29) is 11.2 Å². The lowest BCUT2D eigenvalue weighted by Gasteiger charge is -2.43. The van der Waals surface area contributed by atoms with Gasteiger partial charge in [-0.3, -0.25) is 4.98 Å². The third kappa shape index (κ3) is 2.42. The largest absolute Gasteiger partial charge is 0.315 e. The maximum Gasteiger partial charge on any atom is 0.127 e. The Morgan fingerprint density at radius 2 is 2.00 bits per heavy atom. The molecule has 1 aliphatic rings. The van der Waals surface area contributed by atoms with Gasteiger partial charge >= 0.3 is 0 Å². The van der Waals surface area contributed by atoms with Crippen LogP contribution in [0.1, 0.15) is 11.3 Å². The molecule has 1 saturated heterocycles. The van der Waals surface area contributed by atoms with E-state index < -0.39 is 0 Å². The van der Waals surface area contributed by atoms with Gasteiger partial charge in [-0.15, -0.1) is 0 Å². The fourth-order valence-electron chi connectivity index (χ4n) is 2.59. The van der Waals surface area contributed by atoms with Gasteiger partial charge in [-0.1, -0.05) is 18.2 Å². The number of halogens is 2. The van der Waals surface area contributed by atoms with Gasteiger partial charge in [-0.2, -0.15) is 0 Å². The van der Waals surface area contributed by atoms with E-state index in [0.29, 0.717) is 0 Å². The lowest BCUT2D eigenvalue weighted by molar-refractivity contribution is 0.264. The number of rotatable bonds is 3. The van der Waals surface area contributed by atoms with Crippen molar-refractivity contribution in [1.82, 2.24) is 10.3 Å². The normalized spacial score (nSPS) is 16.9. The van der Waals surface area contributed by atoms with Crippen LogP contribution >= 0.6 is 15.9 Å². The zero-order valence-electron chi connectivity index (χ0n) is 10.4. The van der Waals surface area contributed by atoms with E-state index in [0.717, 1.165) is 35.2 Å². The third-order valence-corrected chi connectivity index (χ3v) is 4.15. The van der Waals surface area contributed by atoms with E-state index in [4.69, 9.17) is 0 Å².